The lowest BCUT2D eigenvalue weighted by atomic mass is 9.74. The molecule has 3 aromatic rings. The van der Waals surface area contributed by atoms with Gasteiger partial charge < -0.3 is 47.9 Å². The van der Waals surface area contributed by atoms with Crippen molar-refractivity contribution in [3.8, 4) is 0 Å². The predicted octanol–water partition coefficient (Wildman–Crippen LogP) is 6.95. The van der Waals surface area contributed by atoms with Crippen LogP contribution in [0.25, 0.3) is 0 Å². The average Bonchev–Trinajstić information content (AvgIpc) is 3.54. The highest BCUT2D eigenvalue weighted by Gasteiger charge is 2.61. The number of rotatable bonds is 10. The zero-order valence-electron chi connectivity index (χ0n) is 32.1. The van der Waals surface area contributed by atoms with Gasteiger partial charge in [0.1, 0.15) is 30.5 Å². The van der Waals surface area contributed by atoms with Gasteiger partial charge in [0.15, 0.2) is 17.9 Å². The summed E-state index contributed by atoms with van der Waals surface area (Å²) in [6.07, 6.45) is -0.727. The Bertz CT molecular complexity index is 1720. The summed E-state index contributed by atoms with van der Waals surface area (Å²) >= 11 is 7.20. The van der Waals surface area contributed by atoms with Gasteiger partial charge in [0, 0.05) is 17.5 Å². The highest BCUT2D eigenvalue weighted by atomic mass is 32.2. The van der Waals surface area contributed by atoms with Crippen LogP contribution in [0.4, 0.5) is 0 Å². The summed E-state index contributed by atoms with van der Waals surface area (Å²) in [4.78, 5) is 0. The van der Waals surface area contributed by atoms with Crippen LogP contribution in [0.2, 0.25) is 0 Å². The molecule has 1 N–H and O–H groups in total. The van der Waals surface area contributed by atoms with Crippen LogP contribution in [0.15, 0.2) is 91.0 Å². The van der Waals surface area contributed by atoms with Crippen LogP contribution < -0.4 is 5.32 Å². The van der Waals surface area contributed by atoms with Crippen molar-refractivity contribution in [2.75, 3.05) is 19.5 Å². The molecule has 0 aromatic heterocycles. The van der Waals surface area contributed by atoms with E-state index in [4.69, 9.17) is 54.8 Å². The molecule has 5 aliphatic rings. The minimum atomic E-state index is -0.800. The second-order valence-corrected chi connectivity index (χ2v) is 17.5. The van der Waals surface area contributed by atoms with Crippen molar-refractivity contribution in [1.82, 2.24) is 5.32 Å². The third kappa shape index (κ3) is 8.85. The molecule has 296 valence electrons. The minimum Gasteiger partial charge on any atom is -0.473 e. The Morgan fingerprint density at radius 1 is 0.727 bits per heavy atom. The molecule has 5 fully saturated rings. The molecule has 3 heterocycles. The van der Waals surface area contributed by atoms with E-state index in [0.29, 0.717) is 30.8 Å². The maximum absolute atomic E-state index is 7.09. The number of thioether (sulfide) groups is 1. The Kier molecular flexibility index (Phi) is 12.0. The molecular weight excluding hydrogens is 739 g/mol. The van der Waals surface area contributed by atoms with Gasteiger partial charge in [0.05, 0.1) is 50.6 Å². The summed E-state index contributed by atoms with van der Waals surface area (Å²) in [5, 5.41) is 4.06. The smallest absolute Gasteiger partial charge is 0.220 e. The normalized spacial score (nSPS) is 36.2. The Morgan fingerprint density at radius 3 is 1.98 bits per heavy atom. The first-order valence-corrected chi connectivity index (χ1v) is 21.0. The number of hydrogen-bond acceptors (Lipinski definition) is 12. The van der Waals surface area contributed by atoms with Crippen LogP contribution in [-0.4, -0.2) is 90.2 Å². The van der Waals surface area contributed by atoms with E-state index in [-0.39, 0.29) is 36.2 Å². The molecule has 1 unspecified atom stereocenters. The standard InChI is InChI=1S/C43H53NO9S2/c1-42(2)48-24-29-21-31(36-39(33(29)51-42)53-43(3,4)52-36)44-32-34(50-41(54)55-5)30-25-47-40(28-19-13-8-14-20-28)49-35(30)38(46-23-27-17-11-7-12-18-27)37(32)45-22-26-15-9-6-10-16-26/h6-20,29-40,44H,21-25H2,1-5H3/t29-,30+,31+,32+,33-,34-,35-,36+,37+,38+,39+,40?/m1/s1. The number of fused-ring (bicyclic) bond motifs is 4. The van der Waals surface area contributed by atoms with Gasteiger partial charge in [-0.25, -0.2) is 0 Å². The second-order valence-electron chi connectivity index (χ2n) is 16.1. The fourth-order valence-electron chi connectivity index (χ4n) is 8.89. The molecule has 2 saturated carbocycles. The van der Waals surface area contributed by atoms with Crippen LogP contribution in [0.1, 0.15) is 57.1 Å². The summed E-state index contributed by atoms with van der Waals surface area (Å²) < 4.78 is 61.0. The van der Waals surface area contributed by atoms with Crippen molar-refractivity contribution in [2.45, 2.75) is 120 Å². The Labute approximate surface area is 334 Å². The summed E-state index contributed by atoms with van der Waals surface area (Å²) in [5.74, 6) is -1.70. The molecule has 55 heavy (non-hydrogen) atoms. The molecule has 0 amide bonds. The third-order valence-corrected chi connectivity index (χ3v) is 12.4. The molecule has 0 radical (unpaired) electrons. The van der Waals surface area contributed by atoms with Gasteiger partial charge >= 0.3 is 0 Å². The maximum Gasteiger partial charge on any atom is 0.220 e. The van der Waals surface area contributed by atoms with Gasteiger partial charge in [-0.2, -0.15) is 0 Å². The Morgan fingerprint density at radius 2 is 1.33 bits per heavy atom. The first-order chi connectivity index (χ1) is 26.6. The quantitative estimate of drug-likeness (QED) is 0.216. The van der Waals surface area contributed by atoms with Crippen LogP contribution >= 0.6 is 24.0 Å². The van der Waals surface area contributed by atoms with Crippen molar-refractivity contribution in [3.05, 3.63) is 108 Å². The third-order valence-electron chi connectivity index (χ3n) is 11.3. The van der Waals surface area contributed by atoms with Crippen LogP contribution in [0.5, 0.6) is 0 Å². The van der Waals surface area contributed by atoms with Crippen LogP contribution in [-0.2, 0) is 55.8 Å². The number of nitrogens with one attached hydrogen (secondary N) is 1. The van der Waals surface area contributed by atoms with Crippen molar-refractivity contribution in [1.29, 1.82) is 0 Å². The first-order valence-electron chi connectivity index (χ1n) is 19.4. The lowest BCUT2D eigenvalue weighted by Gasteiger charge is -2.55. The van der Waals surface area contributed by atoms with E-state index in [9.17, 15) is 0 Å². The van der Waals surface area contributed by atoms with E-state index in [1.165, 1.54) is 11.8 Å². The van der Waals surface area contributed by atoms with Gasteiger partial charge in [-0.15, -0.1) is 0 Å². The average molecular weight is 792 g/mol. The minimum absolute atomic E-state index is 0.0778. The maximum atomic E-state index is 7.09. The lowest BCUT2D eigenvalue weighted by Crippen LogP contribution is -2.72. The van der Waals surface area contributed by atoms with Gasteiger partial charge in [0.2, 0.25) is 4.38 Å². The molecule has 0 spiro atoms. The van der Waals surface area contributed by atoms with Crippen molar-refractivity contribution in [3.63, 3.8) is 0 Å². The zero-order chi connectivity index (χ0) is 38.2. The summed E-state index contributed by atoms with van der Waals surface area (Å²) in [6.45, 7) is 9.49. The van der Waals surface area contributed by atoms with E-state index < -0.39 is 48.3 Å². The fraction of sp³-hybridized carbons (Fsp3) is 0.558. The molecule has 10 nitrogen and oxygen atoms in total. The van der Waals surface area contributed by atoms with Gasteiger partial charge in [-0.05, 0) is 63.7 Å². The summed E-state index contributed by atoms with van der Waals surface area (Å²) in [7, 11) is 0. The van der Waals surface area contributed by atoms with Crippen molar-refractivity contribution < 1.29 is 42.6 Å². The van der Waals surface area contributed by atoms with Gasteiger partial charge in [-0.3, -0.25) is 0 Å². The molecule has 3 saturated heterocycles. The summed E-state index contributed by atoms with van der Waals surface area (Å²) in [5.41, 5.74) is 3.04. The lowest BCUT2D eigenvalue weighted by molar-refractivity contribution is -0.321. The monoisotopic (exact) mass is 791 g/mol. The largest absolute Gasteiger partial charge is 0.473 e. The Balaban J connectivity index is 1.18. The van der Waals surface area contributed by atoms with Crippen molar-refractivity contribution in [2.24, 2.45) is 11.8 Å². The molecular formula is C43H53NO9S2. The SMILES string of the molecule is CSC(=S)O[C@@H]1[C@@H]2COC(c3ccccc3)O[C@H]2[C@H](OCc2ccccc2)[C@@H](OCc2ccccc2)[C@H]1N[C@H]1C[C@@H]2COC(C)(C)O[C@H]2[C@@H]2OC(C)(C)O[C@H]21. The fourth-order valence-corrected chi connectivity index (χ4v) is 9.21. The number of thiocarbonyl (C=S) groups is 1. The number of benzene rings is 3. The van der Waals surface area contributed by atoms with Crippen molar-refractivity contribution >= 4 is 28.4 Å². The molecule has 2 aliphatic carbocycles. The molecule has 12 atom stereocenters. The van der Waals surface area contributed by atoms with Gasteiger partial charge in [0.25, 0.3) is 0 Å². The molecule has 3 aliphatic heterocycles. The highest BCUT2D eigenvalue weighted by molar-refractivity contribution is 8.22. The number of ether oxygens (including phenoxy) is 9. The molecule has 3 aromatic carbocycles. The number of hydrogen-bond donors (Lipinski definition) is 1. The molecule has 8 rings (SSSR count). The van der Waals surface area contributed by atoms with E-state index in [2.05, 4.69) is 29.6 Å². The topological polar surface area (TPSA) is 95.1 Å². The summed E-state index contributed by atoms with van der Waals surface area (Å²) in [6, 6.07) is 29.8. The second kappa shape index (κ2) is 16.8. The Hall–Kier alpha value is -2.46. The molecule has 0 bridgehead atoms. The van der Waals surface area contributed by atoms with Crippen LogP contribution in [0.3, 0.4) is 0 Å². The van der Waals surface area contributed by atoms with E-state index in [0.717, 1.165) is 23.1 Å². The van der Waals surface area contributed by atoms with E-state index >= 15 is 0 Å². The first kappa shape index (κ1) is 39.4. The van der Waals surface area contributed by atoms with Gasteiger partial charge in [-0.1, -0.05) is 103 Å². The van der Waals surface area contributed by atoms with E-state index in [1.54, 1.807) is 0 Å². The predicted molar refractivity (Wildman–Crippen MR) is 212 cm³/mol. The van der Waals surface area contributed by atoms with E-state index in [1.807, 2.05) is 101 Å². The molecule has 12 heteroatoms. The highest BCUT2D eigenvalue weighted by Crippen LogP contribution is 2.46. The van der Waals surface area contributed by atoms with Crippen LogP contribution in [0, 0.1) is 11.8 Å². The zero-order valence-corrected chi connectivity index (χ0v) is 33.7.